The summed E-state index contributed by atoms with van der Waals surface area (Å²) in [6.07, 6.45) is 4.84. The van der Waals surface area contributed by atoms with Gasteiger partial charge in [-0.15, -0.1) is 6.58 Å². The molecule has 0 rings (SSSR count). The van der Waals surface area contributed by atoms with E-state index >= 15 is 0 Å². The average Bonchev–Trinajstić information content (AvgIpc) is 2.20. The quantitative estimate of drug-likeness (QED) is 0.461. The number of ether oxygens (including phenoxy) is 1. The van der Waals surface area contributed by atoms with Gasteiger partial charge in [0.15, 0.2) is 0 Å². The molecule has 4 nitrogen and oxygen atoms in total. The first kappa shape index (κ1) is 13.0. The first-order chi connectivity index (χ1) is 6.81. The first-order valence-electron chi connectivity index (χ1n) is 4.93. The van der Waals surface area contributed by atoms with Crippen molar-refractivity contribution in [2.75, 3.05) is 19.8 Å². The zero-order valence-electron chi connectivity index (χ0n) is 8.50. The third kappa shape index (κ3) is 9.06. The molecule has 0 aromatic heterocycles. The van der Waals surface area contributed by atoms with Crippen LogP contribution in [0.4, 0.5) is 4.79 Å². The van der Waals surface area contributed by atoms with Gasteiger partial charge in [-0.05, 0) is 19.3 Å². The highest BCUT2D eigenvalue weighted by Gasteiger charge is 1.98. The number of alkyl carbamates (subject to hydrolysis) is 1. The van der Waals surface area contributed by atoms with E-state index in [9.17, 15) is 4.79 Å². The molecule has 0 spiro atoms. The number of nitrogens with one attached hydrogen (secondary N) is 1. The SMILES string of the molecule is C=CCNC(=O)OCCCCCCO. The molecule has 0 aromatic carbocycles. The Bertz CT molecular complexity index is 159. The molecule has 1 amide bonds. The molecule has 0 saturated heterocycles. The van der Waals surface area contributed by atoms with Gasteiger partial charge in [0.05, 0.1) is 6.61 Å². The third-order valence-electron chi connectivity index (χ3n) is 1.68. The molecule has 0 aromatic rings. The number of aliphatic hydroxyl groups is 1. The number of hydrogen-bond donors (Lipinski definition) is 2. The second-order valence-electron chi connectivity index (χ2n) is 2.94. The normalized spacial score (nSPS) is 9.50. The van der Waals surface area contributed by atoms with E-state index in [-0.39, 0.29) is 6.61 Å². The summed E-state index contributed by atoms with van der Waals surface area (Å²) in [6.45, 7) is 4.58. The van der Waals surface area contributed by atoms with Crippen molar-refractivity contribution in [3.05, 3.63) is 12.7 Å². The molecule has 0 aliphatic rings. The number of amides is 1. The Kier molecular flexibility index (Phi) is 9.31. The lowest BCUT2D eigenvalue weighted by Gasteiger charge is -2.04. The fraction of sp³-hybridized carbons (Fsp3) is 0.700. The van der Waals surface area contributed by atoms with Gasteiger partial charge in [-0.25, -0.2) is 4.79 Å². The number of unbranched alkanes of at least 4 members (excludes halogenated alkanes) is 3. The summed E-state index contributed by atoms with van der Waals surface area (Å²) in [5.41, 5.74) is 0. The van der Waals surface area contributed by atoms with Crippen LogP contribution in [0.3, 0.4) is 0 Å². The lowest BCUT2D eigenvalue weighted by Crippen LogP contribution is -2.24. The van der Waals surface area contributed by atoms with Gasteiger partial charge in [0.2, 0.25) is 0 Å². The number of carbonyl (C=O) groups excluding carboxylic acids is 1. The van der Waals surface area contributed by atoms with E-state index in [1.807, 2.05) is 0 Å². The van der Waals surface area contributed by atoms with E-state index in [0.717, 1.165) is 25.7 Å². The van der Waals surface area contributed by atoms with Gasteiger partial charge in [0, 0.05) is 13.2 Å². The van der Waals surface area contributed by atoms with Gasteiger partial charge in [-0.2, -0.15) is 0 Å². The molecule has 4 heteroatoms. The molecule has 0 saturated carbocycles. The number of hydrogen-bond acceptors (Lipinski definition) is 3. The molecule has 14 heavy (non-hydrogen) atoms. The Morgan fingerprint density at radius 2 is 2.07 bits per heavy atom. The predicted octanol–water partition coefficient (Wildman–Crippen LogP) is 1.45. The summed E-state index contributed by atoms with van der Waals surface area (Å²) < 4.78 is 4.86. The second kappa shape index (κ2) is 10.1. The summed E-state index contributed by atoms with van der Waals surface area (Å²) in [7, 11) is 0. The summed E-state index contributed by atoms with van der Waals surface area (Å²) in [5, 5.41) is 11.0. The maximum atomic E-state index is 10.9. The third-order valence-corrected chi connectivity index (χ3v) is 1.68. The van der Waals surface area contributed by atoms with Crippen LogP contribution in [0.2, 0.25) is 0 Å². The van der Waals surface area contributed by atoms with Crippen molar-refractivity contribution in [1.82, 2.24) is 5.32 Å². The van der Waals surface area contributed by atoms with Gasteiger partial charge in [-0.1, -0.05) is 12.5 Å². The molecule has 2 N–H and O–H groups in total. The van der Waals surface area contributed by atoms with Gasteiger partial charge >= 0.3 is 6.09 Å². The number of carbonyl (C=O) groups is 1. The molecule has 0 atom stereocenters. The van der Waals surface area contributed by atoms with Crippen LogP contribution in [0.5, 0.6) is 0 Å². The standard InChI is InChI=1S/C10H19NO3/c1-2-7-11-10(13)14-9-6-4-3-5-8-12/h2,12H,1,3-9H2,(H,11,13). The average molecular weight is 201 g/mol. The minimum absolute atomic E-state index is 0.237. The molecule has 0 fully saturated rings. The fourth-order valence-electron chi connectivity index (χ4n) is 0.939. The molecule has 0 radical (unpaired) electrons. The second-order valence-corrected chi connectivity index (χ2v) is 2.94. The summed E-state index contributed by atoms with van der Waals surface area (Å²) in [5.74, 6) is 0. The first-order valence-corrected chi connectivity index (χ1v) is 4.93. The van der Waals surface area contributed by atoms with E-state index < -0.39 is 6.09 Å². The van der Waals surface area contributed by atoms with E-state index in [4.69, 9.17) is 9.84 Å². The van der Waals surface area contributed by atoms with Gasteiger partial charge in [0.25, 0.3) is 0 Å². The maximum Gasteiger partial charge on any atom is 0.407 e. The van der Waals surface area contributed by atoms with E-state index in [2.05, 4.69) is 11.9 Å². The summed E-state index contributed by atoms with van der Waals surface area (Å²) >= 11 is 0. The van der Waals surface area contributed by atoms with Crippen molar-refractivity contribution >= 4 is 6.09 Å². The van der Waals surface area contributed by atoms with E-state index in [1.165, 1.54) is 0 Å². The van der Waals surface area contributed by atoms with Crippen molar-refractivity contribution in [2.45, 2.75) is 25.7 Å². The van der Waals surface area contributed by atoms with Crippen molar-refractivity contribution in [3.8, 4) is 0 Å². The highest BCUT2D eigenvalue weighted by molar-refractivity contribution is 5.67. The van der Waals surface area contributed by atoms with Crippen LogP contribution in [-0.4, -0.2) is 31.0 Å². The fourth-order valence-corrected chi connectivity index (χ4v) is 0.939. The lowest BCUT2D eigenvalue weighted by atomic mass is 10.2. The lowest BCUT2D eigenvalue weighted by molar-refractivity contribution is 0.144. The van der Waals surface area contributed by atoms with Crippen molar-refractivity contribution in [3.63, 3.8) is 0 Å². The largest absolute Gasteiger partial charge is 0.450 e. The number of aliphatic hydroxyl groups excluding tert-OH is 1. The van der Waals surface area contributed by atoms with Crippen LogP contribution in [0.1, 0.15) is 25.7 Å². The minimum atomic E-state index is -0.396. The van der Waals surface area contributed by atoms with E-state index in [0.29, 0.717) is 13.2 Å². The monoisotopic (exact) mass is 201 g/mol. The predicted molar refractivity (Wildman–Crippen MR) is 55.1 cm³/mol. The molecule has 0 unspecified atom stereocenters. The van der Waals surface area contributed by atoms with Gasteiger partial charge in [-0.3, -0.25) is 0 Å². The Labute approximate surface area is 85.0 Å². The van der Waals surface area contributed by atoms with Crippen molar-refractivity contribution in [1.29, 1.82) is 0 Å². The molecule has 82 valence electrons. The maximum absolute atomic E-state index is 10.9. The Balaban J connectivity index is 3.10. The van der Waals surface area contributed by atoms with Gasteiger partial charge < -0.3 is 15.2 Å². The Morgan fingerprint density at radius 3 is 2.71 bits per heavy atom. The zero-order chi connectivity index (χ0) is 10.6. The summed E-state index contributed by atoms with van der Waals surface area (Å²) in [6, 6.07) is 0. The zero-order valence-corrected chi connectivity index (χ0v) is 8.50. The van der Waals surface area contributed by atoms with Crippen molar-refractivity contribution in [2.24, 2.45) is 0 Å². The molecule has 0 aliphatic carbocycles. The van der Waals surface area contributed by atoms with Crippen LogP contribution >= 0.6 is 0 Å². The number of rotatable bonds is 8. The smallest absolute Gasteiger partial charge is 0.407 e. The Morgan fingerprint density at radius 1 is 1.36 bits per heavy atom. The molecule has 0 heterocycles. The minimum Gasteiger partial charge on any atom is -0.450 e. The van der Waals surface area contributed by atoms with Crippen LogP contribution in [-0.2, 0) is 4.74 Å². The highest BCUT2D eigenvalue weighted by Crippen LogP contribution is 1.99. The summed E-state index contributed by atoms with van der Waals surface area (Å²) in [4.78, 5) is 10.9. The molecule has 0 aliphatic heterocycles. The van der Waals surface area contributed by atoms with Crippen LogP contribution in [0.25, 0.3) is 0 Å². The Hall–Kier alpha value is -1.03. The van der Waals surface area contributed by atoms with Crippen LogP contribution < -0.4 is 5.32 Å². The molecule has 0 bridgehead atoms. The topological polar surface area (TPSA) is 58.6 Å². The molecular weight excluding hydrogens is 182 g/mol. The van der Waals surface area contributed by atoms with Crippen LogP contribution in [0, 0.1) is 0 Å². The van der Waals surface area contributed by atoms with Crippen LogP contribution in [0.15, 0.2) is 12.7 Å². The van der Waals surface area contributed by atoms with Gasteiger partial charge in [0.1, 0.15) is 0 Å². The molecular formula is C10H19NO3. The van der Waals surface area contributed by atoms with Crippen molar-refractivity contribution < 1.29 is 14.6 Å². The van der Waals surface area contributed by atoms with E-state index in [1.54, 1.807) is 6.08 Å². The highest BCUT2D eigenvalue weighted by atomic mass is 16.5.